The normalized spacial score (nSPS) is 11.2. The Morgan fingerprint density at radius 3 is 2.29 bits per heavy atom. The van der Waals surface area contributed by atoms with E-state index in [0.717, 1.165) is 17.7 Å². The number of pyridine rings is 1. The Labute approximate surface area is 194 Å². The van der Waals surface area contributed by atoms with Crippen molar-refractivity contribution in [2.24, 2.45) is 0 Å². The van der Waals surface area contributed by atoms with Gasteiger partial charge >= 0.3 is 0 Å². The van der Waals surface area contributed by atoms with E-state index >= 15 is 0 Å². The molecule has 1 aromatic heterocycles. The summed E-state index contributed by atoms with van der Waals surface area (Å²) in [5.41, 5.74) is 6.71. The number of nitrogens with zero attached hydrogens (tertiary/aromatic N) is 1. The SMILES string of the molecule is O=C(CNS(=O)(=O)c1ccccc1F)NNC(=O)c1cc(-c2ccccc2)nc2ccccc12. The summed E-state index contributed by atoms with van der Waals surface area (Å²) in [6.07, 6.45) is 0. The number of para-hydroxylation sites is 1. The maximum Gasteiger partial charge on any atom is 0.270 e. The molecule has 3 N–H and O–H groups in total. The lowest BCUT2D eigenvalue weighted by Gasteiger charge is -2.12. The average Bonchev–Trinajstić information content (AvgIpc) is 2.86. The summed E-state index contributed by atoms with van der Waals surface area (Å²) in [5, 5.41) is 0.578. The Balaban J connectivity index is 1.47. The highest BCUT2D eigenvalue weighted by molar-refractivity contribution is 7.89. The summed E-state index contributed by atoms with van der Waals surface area (Å²) >= 11 is 0. The molecule has 0 aliphatic rings. The number of carbonyl (C=O) groups excluding carboxylic acids is 2. The number of hydrogen-bond donors (Lipinski definition) is 3. The second-order valence-electron chi connectivity index (χ2n) is 7.20. The smallest absolute Gasteiger partial charge is 0.270 e. The van der Waals surface area contributed by atoms with Crippen molar-refractivity contribution in [2.45, 2.75) is 4.90 Å². The molecule has 0 aliphatic carbocycles. The van der Waals surface area contributed by atoms with Gasteiger partial charge in [0.25, 0.3) is 11.8 Å². The predicted octanol–water partition coefficient (Wildman–Crippen LogP) is 2.78. The highest BCUT2D eigenvalue weighted by Crippen LogP contribution is 2.24. The first-order chi connectivity index (χ1) is 16.3. The number of hydrazine groups is 1. The Bertz CT molecular complexity index is 1480. The molecule has 0 spiro atoms. The van der Waals surface area contributed by atoms with Crippen LogP contribution in [0.5, 0.6) is 0 Å². The standard InChI is InChI=1S/C24H19FN4O4S/c25-19-11-5-7-13-22(19)34(32,33)26-15-23(30)28-29-24(31)18-14-21(16-8-2-1-3-9-16)27-20-12-6-4-10-17(18)20/h1-14,26H,15H2,(H,28,30)(H,29,31). The van der Waals surface area contributed by atoms with Crippen LogP contribution in [0, 0.1) is 5.82 Å². The lowest BCUT2D eigenvalue weighted by molar-refractivity contribution is -0.120. The largest absolute Gasteiger partial charge is 0.272 e. The Morgan fingerprint density at radius 1 is 0.853 bits per heavy atom. The molecule has 4 rings (SSSR count). The van der Waals surface area contributed by atoms with Crippen molar-refractivity contribution in [1.82, 2.24) is 20.6 Å². The van der Waals surface area contributed by atoms with Crippen LogP contribution in [-0.4, -0.2) is 31.8 Å². The molecular weight excluding hydrogens is 459 g/mol. The molecule has 0 saturated carbocycles. The van der Waals surface area contributed by atoms with Crippen LogP contribution in [0.15, 0.2) is 89.8 Å². The summed E-state index contributed by atoms with van der Waals surface area (Å²) in [6.45, 7) is -0.705. The summed E-state index contributed by atoms with van der Waals surface area (Å²) in [5.74, 6) is -2.39. The van der Waals surface area contributed by atoms with Crippen molar-refractivity contribution in [1.29, 1.82) is 0 Å². The minimum absolute atomic E-state index is 0.275. The molecule has 0 fully saturated rings. The maximum absolute atomic E-state index is 13.8. The molecule has 2 amide bonds. The van der Waals surface area contributed by atoms with Crippen molar-refractivity contribution in [3.8, 4) is 11.3 Å². The zero-order chi connectivity index (χ0) is 24.1. The molecule has 0 unspecified atom stereocenters. The zero-order valence-electron chi connectivity index (χ0n) is 17.7. The third kappa shape index (κ3) is 5.08. The van der Waals surface area contributed by atoms with Gasteiger partial charge in [0.15, 0.2) is 0 Å². The molecule has 0 aliphatic heterocycles. The third-order valence-electron chi connectivity index (χ3n) is 4.89. The number of amides is 2. The van der Waals surface area contributed by atoms with Gasteiger partial charge in [-0.05, 0) is 24.3 Å². The third-order valence-corrected chi connectivity index (χ3v) is 6.33. The van der Waals surface area contributed by atoms with Crippen LogP contribution in [0.1, 0.15) is 10.4 Å². The molecule has 8 nitrogen and oxygen atoms in total. The molecule has 0 radical (unpaired) electrons. The van der Waals surface area contributed by atoms with E-state index in [1.165, 1.54) is 12.1 Å². The van der Waals surface area contributed by atoms with Gasteiger partial charge in [0.2, 0.25) is 10.0 Å². The van der Waals surface area contributed by atoms with E-state index in [0.29, 0.717) is 16.6 Å². The molecule has 0 bridgehead atoms. The molecule has 4 aromatic rings. The number of halogens is 1. The van der Waals surface area contributed by atoms with Crippen molar-refractivity contribution < 1.29 is 22.4 Å². The fourth-order valence-corrected chi connectivity index (χ4v) is 4.32. The van der Waals surface area contributed by atoms with E-state index < -0.39 is 39.1 Å². The van der Waals surface area contributed by atoms with Crippen LogP contribution in [-0.2, 0) is 14.8 Å². The van der Waals surface area contributed by atoms with Crippen LogP contribution in [0.3, 0.4) is 0 Å². The number of aromatic nitrogens is 1. The zero-order valence-corrected chi connectivity index (χ0v) is 18.5. The number of sulfonamides is 1. The first-order valence-corrected chi connectivity index (χ1v) is 11.6. The summed E-state index contributed by atoms with van der Waals surface area (Å²) in [4.78, 5) is 29.0. The fraction of sp³-hybridized carbons (Fsp3) is 0.0417. The quantitative estimate of drug-likeness (QED) is 0.369. The highest BCUT2D eigenvalue weighted by Gasteiger charge is 2.20. The average molecular weight is 479 g/mol. The van der Waals surface area contributed by atoms with Gasteiger partial charge in [-0.1, -0.05) is 60.7 Å². The van der Waals surface area contributed by atoms with Gasteiger partial charge in [-0.2, -0.15) is 0 Å². The van der Waals surface area contributed by atoms with Crippen LogP contribution in [0.2, 0.25) is 0 Å². The van der Waals surface area contributed by atoms with Crippen molar-refractivity contribution in [2.75, 3.05) is 6.54 Å². The Morgan fingerprint density at radius 2 is 1.53 bits per heavy atom. The van der Waals surface area contributed by atoms with Gasteiger partial charge in [0, 0.05) is 10.9 Å². The topological polar surface area (TPSA) is 117 Å². The second-order valence-corrected chi connectivity index (χ2v) is 8.93. The summed E-state index contributed by atoms with van der Waals surface area (Å²) < 4.78 is 40.2. The van der Waals surface area contributed by atoms with Crippen LogP contribution in [0.25, 0.3) is 22.2 Å². The molecule has 34 heavy (non-hydrogen) atoms. The number of fused-ring (bicyclic) bond motifs is 1. The van der Waals surface area contributed by atoms with Crippen molar-refractivity contribution in [3.05, 3.63) is 96.3 Å². The van der Waals surface area contributed by atoms with E-state index in [-0.39, 0.29) is 5.56 Å². The highest BCUT2D eigenvalue weighted by atomic mass is 32.2. The molecule has 172 valence electrons. The van der Waals surface area contributed by atoms with E-state index in [2.05, 4.69) is 15.8 Å². The first kappa shape index (κ1) is 23.0. The Hall–Kier alpha value is -4.15. The van der Waals surface area contributed by atoms with Gasteiger partial charge in [-0.25, -0.2) is 22.5 Å². The van der Waals surface area contributed by atoms with Gasteiger partial charge in [-0.3, -0.25) is 20.4 Å². The van der Waals surface area contributed by atoms with Crippen molar-refractivity contribution in [3.63, 3.8) is 0 Å². The molecular formula is C24H19FN4O4S. The van der Waals surface area contributed by atoms with Crippen LogP contribution >= 0.6 is 0 Å². The molecule has 1 heterocycles. The minimum Gasteiger partial charge on any atom is -0.272 e. The van der Waals surface area contributed by atoms with E-state index in [4.69, 9.17) is 0 Å². The van der Waals surface area contributed by atoms with Gasteiger partial charge in [-0.15, -0.1) is 0 Å². The van der Waals surface area contributed by atoms with Gasteiger partial charge < -0.3 is 0 Å². The van der Waals surface area contributed by atoms with Gasteiger partial charge in [0.1, 0.15) is 10.7 Å². The van der Waals surface area contributed by atoms with E-state index in [1.807, 2.05) is 35.1 Å². The second kappa shape index (κ2) is 9.77. The maximum atomic E-state index is 13.8. The Kier molecular flexibility index (Phi) is 6.62. The number of nitrogens with one attached hydrogen (secondary N) is 3. The molecule has 0 saturated heterocycles. The summed E-state index contributed by atoms with van der Waals surface area (Å²) in [7, 11) is -4.25. The first-order valence-electron chi connectivity index (χ1n) is 10.1. The monoisotopic (exact) mass is 478 g/mol. The lowest BCUT2D eigenvalue weighted by atomic mass is 10.0. The van der Waals surface area contributed by atoms with Crippen LogP contribution in [0.4, 0.5) is 4.39 Å². The van der Waals surface area contributed by atoms with Gasteiger partial charge in [0.05, 0.1) is 23.3 Å². The number of rotatable bonds is 6. The number of benzene rings is 3. The number of hydrogen-bond acceptors (Lipinski definition) is 5. The van der Waals surface area contributed by atoms with E-state index in [9.17, 15) is 22.4 Å². The summed E-state index contributed by atoms with van der Waals surface area (Å²) in [6, 6.07) is 22.8. The molecule has 0 atom stereocenters. The minimum atomic E-state index is -4.25. The number of carbonyl (C=O) groups is 2. The van der Waals surface area contributed by atoms with E-state index in [1.54, 1.807) is 30.3 Å². The molecule has 10 heteroatoms. The fourth-order valence-electron chi connectivity index (χ4n) is 3.26. The molecule has 3 aromatic carbocycles. The van der Waals surface area contributed by atoms with Crippen molar-refractivity contribution >= 4 is 32.7 Å². The van der Waals surface area contributed by atoms with Crippen LogP contribution < -0.4 is 15.6 Å². The predicted molar refractivity (Wildman–Crippen MR) is 124 cm³/mol. The lowest BCUT2D eigenvalue weighted by Crippen LogP contribution is -2.46.